The van der Waals surface area contributed by atoms with Gasteiger partial charge in [-0.2, -0.15) is 0 Å². The van der Waals surface area contributed by atoms with Crippen molar-refractivity contribution in [3.63, 3.8) is 0 Å². The number of aromatic nitrogens is 1. The van der Waals surface area contributed by atoms with E-state index in [-0.39, 0.29) is 16.2 Å². The molecular formula is C68H64N2O. The number of methoxy groups -OCH3 is 1. The molecule has 0 N–H and O–H groups in total. The van der Waals surface area contributed by atoms with E-state index in [1.165, 1.54) is 83.0 Å². The molecule has 0 aliphatic heterocycles. The second-order valence-electron chi connectivity index (χ2n) is 22.5. The molecule has 0 radical (unpaired) electrons. The number of fused-ring (bicyclic) bond motifs is 6. The third-order valence-electron chi connectivity index (χ3n) is 15.1. The molecule has 0 saturated heterocycles. The molecule has 1 atom stereocenters. The van der Waals surface area contributed by atoms with Crippen LogP contribution in [-0.4, -0.2) is 11.7 Å². The fraction of sp³-hybridized carbons (Fsp3) is 0.206. The van der Waals surface area contributed by atoms with Gasteiger partial charge in [-0.1, -0.05) is 177 Å². The molecule has 0 spiro atoms. The molecule has 9 aromatic carbocycles. The Labute approximate surface area is 421 Å². The molecule has 3 nitrogen and oxygen atoms in total. The van der Waals surface area contributed by atoms with E-state index in [9.17, 15) is 0 Å². The summed E-state index contributed by atoms with van der Waals surface area (Å²) in [7, 11) is 1.72. The van der Waals surface area contributed by atoms with Crippen molar-refractivity contribution in [2.45, 2.75) is 73.1 Å². The quantitative estimate of drug-likeness (QED) is 0.136. The van der Waals surface area contributed by atoms with Crippen molar-refractivity contribution in [3.8, 4) is 55.9 Å². The molecule has 352 valence electrons. The molecule has 0 saturated carbocycles. The highest BCUT2D eigenvalue weighted by molar-refractivity contribution is 6.11. The molecule has 0 bridgehead atoms. The third-order valence-corrected chi connectivity index (χ3v) is 15.1. The SMILES string of the molecule is COc1ccc(-n2c3ccc(-c4ccc(C(CC(C)(C)C)C(C)(C)C)cc4)cc3c3cc(-c4ccc(N(c5ccc(-c6ccccc6)cc5)c5ccc6c(c5)C(C)(C)c5ccccc5-6)cc4)ccc32)cc1. The second-order valence-corrected chi connectivity index (χ2v) is 22.5. The van der Waals surface area contributed by atoms with Crippen LogP contribution < -0.4 is 9.64 Å². The summed E-state index contributed by atoms with van der Waals surface area (Å²) in [4.78, 5) is 2.41. The average molecular weight is 925 g/mol. The number of rotatable bonds is 10. The molecule has 0 fully saturated rings. The van der Waals surface area contributed by atoms with Gasteiger partial charge < -0.3 is 14.2 Å². The maximum Gasteiger partial charge on any atom is 0.119 e. The largest absolute Gasteiger partial charge is 0.497 e. The first kappa shape index (κ1) is 45.8. The Morgan fingerprint density at radius 2 is 0.944 bits per heavy atom. The van der Waals surface area contributed by atoms with Crippen LogP contribution in [0.2, 0.25) is 0 Å². The van der Waals surface area contributed by atoms with E-state index >= 15 is 0 Å². The molecule has 3 heteroatoms. The number of benzene rings is 9. The summed E-state index contributed by atoms with van der Waals surface area (Å²) in [5.41, 5.74) is 21.1. The van der Waals surface area contributed by atoms with Gasteiger partial charge in [-0.3, -0.25) is 0 Å². The topological polar surface area (TPSA) is 17.4 Å². The molecule has 1 aromatic heterocycles. The predicted molar refractivity (Wildman–Crippen MR) is 302 cm³/mol. The van der Waals surface area contributed by atoms with Crippen molar-refractivity contribution >= 4 is 38.9 Å². The minimum atomic E-state index is -0.114. The van der Waals surface area contributed by atoms with Gasteiger partial charge in [0.2, 0.25) is 0 Å². The van der Waals surface area contributed by atoms with Crippen LogP contribution in [0.3, 0.4) is 0 Å². The summed E-state index contributed by atoms with van der Waals surface area (Å²) in [5.74, 6) is 1.31. The van der Waals surface area contributed by atoms with Crippen molar-refractivity contribution in [1.29, 1.82) is 0 Å². The number of hydrogen-bond donors (Lipinski definition) is 0. The lowest BCUT2D eigenvalue weighted by Gasteiger charge is -2.36. The molecule has 11 rings (SSSR count). The molecule has 71 heavy (non-hydrogen) atoms. The predicted octanol–water partition coefficient (Wildman–Crippen LogP) is 19.1. The fourth-order valence-electron chi connectivity index (χ4n) is 11.4. The minimum Gasteiger partial charge on any atom is -0.497 e. The lowest BCUT2D eigenvalue weighted by atomic mass is 9.69. The van der Waals surface area contributed by atoms with E-state index in [1.54, 1.807) is 7.11 Å². The van der Waals surface area contributed by atoms with Crippen molar-refractivity contribution in [2.24, 2.45) is 10.8 Å². The van der Waals surface area contributed by atoms with E-state index in [0.29, 0.717) is 5.92 Å². The van der Waals surface area contributed by atoms with Crippen LogP contribution in [0.1, 0.15) is 84.4 Å². The maximum atomic E-state index is 5.58. The average Bonchev–Trinajstić information content (AvgIpc) is 3.83. The summed E-state index contributed by atoms with van der Waals surface area (Å²) < 4.78 is 7.97. The van der Waals surface area contributed by atoms with Gasteiger partial charge in [0, 0.05) is 38.9 Å². The van der Waals surface area contributed by atoms with Crippen molar-refractivity contribution in [2.75, 3.05) is 12.0 Å². The van der Waals surface area contributed by atoms with Crippen LogP contribution in [0.5, 0.6) is 5.75 Å². The van der Waals surface area contributed by atoms with E-state index in [2.05, 4.69) is 259 Å². The zero-order chi connectivity index (χ0) is 49.2. The molecular weight excluding hydrogens is 861 g/mol. The summed E-state index contributed by atoms with van der Waals surface area (Å²) in [6.07, 6.45) is 1.14. The van der Waals surface area contributed by atoms with E-state index in [0.717, 1.165) is 34.9 Å². The Morgan fingerprint density at radius 3 is 1.49 bits per heavy atom. The Balaban J connectivity index is 0.993. The Bertz CT molecular complexity index is 3550. The van der Waals surface area contributed by atoms with Crippen LogP contribution in [-0.2, 0) is 5.41 Å². The fourth-order valence-corrected chi connectivity index (χ4v) is 11.4. The number of hydrogen-bond acceptors (Lipinski definition) is 2. The molecule has 1 aliphatic carbocycles. The molecule has 0 amide bonds. The van der Waals surface area contributed by atoms with E-state index < -0.39 is 0 Å². The van der Waals surface area contributed by atoms with Crippen LogP contribution in [0.15, 0.2) is 206 Å². The highest BCUT2D eigenvalue weighted by atomic mass is 16.5. The molecule has 1 heterocycles. The normalized spacial score (nSPS) is 13.5. The van der Waals surface area contributed by atoms with Crippen molar-refractivity contribution in [3.05, 3.63) is 223 Å². The third kappa shape index (κ3) is 8.52. The van der Waals surface area contributed by atoms with Gasteiger partial charge in [-0.15, -0.1) is 0 Å². The molecule has 1 unspecified atom stereocenters. The zero-order valence-corrected chi connectivity index (χ0v) is 42.7. The second kappa shape index (κ2) is 17.7. The van der Waals surface area contributed by atoms with Gasteiger partial charge in [0.1, 0.15) is 5.75 Å². The zero-order valence-electron chi connectivity index (χ0n) is 42.7. The summed E-state index contributed by atoms with van der Waals surface area (Å²) in [5, 5.41) is 2.44. The highest BCUT2D eigenvalue weighted by Crippen LogP contribution is 2.51. The lowest BCUT2D eigenvalue weighted by molar-refractivity contribution is 0.229. The molecule has 1 aliphatic rings. The van der Waals surface area contributed by atoms with Gasteiger partial charge in [0.05, 0.1) is 18.1 Å². The summed E-state index contributed by atoms with van der Waals surface area (Å²) in [6.45, 7) is 18.9. The first-order valence-electron chi connectivity index (χ1n) is 25.3. The lowest BCUT2D eigenvalue weighted by Crippen LogP contribution is -2.23. The van der Waals surface area contributed by atoms with Gasteiger partial charge in [-0.05, 0) is 169 Å². The first-order chi connectivity index (χ1) is 34.1. The minimum absolute atomic E-state index is 0.114. The standard InChI is InChI=1S/C68H64N2O/c1-66(2,3)44-63(67(4,5)6)49-21-19-47(20-22-49)50-27-39-64-59(41-50)60-42-51(28-40-65(60)70(64)54-33-36-56(71-9)37-34-54)48-25-31-53(32-26-48)69(52-29-23-46(24-30-52)45-15-11-10-12-16-45)55-35-38-58-57-17-13-14-18-61(57)68(7,8)62(58)43-55/h10-43,63H,44H2,1-9H3. The number of ether oxygens (including phenoxy) is 1. The van der Waals surface area contributed by atoms with Crippen LogP contribution >= 0.6 is 0 Å². The Kier molecular flexibility index (Phi) is 11.4. The number of anilines is 3. The van der Waals surface area contributed by atoms with Crippen LogP contribution in [0.4, 0.5) is 17.1 Å². The Hall–Kier alpha value is -7.62. The van der Waals surface area contributed by atoms with Gasteiger partial charge >= 0.3 is 0 Å². The van der Waals surface area contributed by atoms with Gasteiger partial charge in [-0.25, -0.2) is 0 Å². The number of nitrogens with zero attached hydrogens (tertiary/aromatic N) is 2. The highest BCUT2D eigenvalue weighted by Gasteiger charge is 2.36. The maximum absolute atomic E-state index is 5.58. The van der Waals surface area contributed by atoms with E-state index in [1.807, 2.05) is 12.1 Å². The monoisotopic (exact) mass is 925 g/mol. The Morgan fingerprint density at radius 1 is 0.465 bits per heavy atom. The van der Waals surface area contributed by atoms with E-state index in [4.69, 9.17) is 4.74 Å². The van der Waals surface area contributed by atoms with Gasteiger partial charge in [0.15, 0.2) is 0 Å². The van der Waals surface area contributed by atoms with Crippen LogP contribution in [0.25, 0.3) is 72.0 Å². The smallest absolute Gasteiger partial charge is 0.119 e. The van der Waals surface area contributed by atoms with Crippen molar-refractivity contribution in [1.82, 2.24) is 4.57 Å². The summed E-state index contributed by atoms with van der Waals surface area (Å²) >= 11 is 0. The van der Waals surface area contributed by atoms with Crippen molar-refractivity contribution < 1.29 is 4.74 Å². The summed E-state index contributed by atoms with van der Waals surface area (Å²) in [6, 6.07) is 76.4. The van der Waals surface area contributed by atoms with Crippen LogP contribution in [0, 0.1) is 10.8 Å². The molecule has 10 aromatic rings. The van der Waals surface area contributed by atoms with Gasteiger partial charge in [0.25, 0.3) is 0 Å². The first-order valence-corrected chi connectivity index (χ1v) is 25.3.